The van der Waals surface area contributed by atoms with Crippen LogP contribution in [-0.4, -0.2) is 24.5 Å². The minimum absolute atomic E-state index is 0.352. The Labute approximate surface area is 57.4 Å². The third-order valence-corrected chi connectivity index (χ3v) is 0.710. The van der Waals surface area contributed by atoms with Crippen molar-refractivity contribution in [3.05, 3.63) is 22.3 Å². The Morgan fingerprint density at radius 2 is 2.40 bits per heavy atom. The van der Waals surface area contributed by atoms with Crippen LogP contribution >= 0.6 is 0 Å². The molecule has 0 radical (unpaired) electrons. The second-order valence-corrected chi connectivity index (χ2v) is 1.44. The number of carbonyl (C=O) groups excluding carboxylic acids is 1. The number of esters is 1. The standard InChI is InChI=1S/C5H7NO4/c1-10-5(7)3-2-4-6(8)9/h2-3H,4H2,1H3. The molecule has 0 aromatic carbocycles. The summed E-state index contributed by atoms with van der Waals surface area (Å²) < 4.78 is 4.18. The normalized spacial score (nSPS) is 9.70. The summed E-state index contributed by atoms with van der Waals surface area (Å²) in [4.78, 5) is 19.4. The van der Waals surface area contributed by atoms with Crippen LogP contribution in [0.1, 0.15) is 0 Å². The van der Waals surface area contributed by atoms with E-state index in [9.17, 15) is 14.9 Å². The van der Waals surface area contributed by atoms with Crippen LogP contribution in [0.4, 0.5) is 0 Å². The molecule has 0 fully saturated rings. The van der Waals surface area contributed by atoms with E-state index in [-0.39, 0.29) is 6.54 Å². The van der Waals surface area contributed by atoms with Gasteiger partial charge < -0.3 is 4.74 Å². The molecule has 0 amide bonds. The molecule has 0 heterocycles. The van der Waals surface area contributed by atoms with E-state index in [4.69, 9.17) is 0 Å². The van der Waals surface area contributed by atoms with Crippen LogP contribution in [0.15, 0.2) is 12.2 Å². The Hall–Kier alpha value is -1.39. The van der Waals surface area contributed by atoms with E-state index in [1.807, 2.05) is 0 Å². The molecule has 0 N–H and O–H groups in total. The molecule has 0 aromatic heterocycles. The van der Waals surface area contributed by atoms with E-state index in [0.717, 1.165) is 12.2 Å². The number of rotatable bonds is 3. The number of nitrogens with zero attached hydrogens (tertiary/aromatic N) is 1. The summed E-state index contributed by atoms with van der Waals surface area (Å²) >= 11 is 0. The van der Waals surface area contributed by atoms with Crippen molar-refractivity contribution in [1.29, 1.82) is 0 Å². The number of carbonyl (C=O) groups is 1. The highest BCUT2D eigenvalue weighted by Gasteiger charge is 1.92. The van der Waals surface area contributed by atoms with Crippen molar-refractivity contribution < 1.29 is 14.5 Å². The molecule has 0 saturated carbocycles. The molecule has 0 rings (SSSR count). The van der Waals surface area contributed by atoms with Gasteiger partial charge >= 0.3 is 5.97 Å². The minimum atomic E-state index is -0.582. The summed E-state index contributed by atoms with van der Waals surface area (Å²) in [7, 11) is 1.21. The van der Waals surface area contributed by atoms with E-state index in [2.05, 4.69) is 4.74 Å². The second-order valence-electron chi connectivity index (χ2n) is 1.44. The van der Waals surface area contributed by atoms with Gasteiger partial charge in [-0.15, -0.1) is 0 Å². The first-order valence-corrected chi connectivity index (χ1v) is 2.53. The summed E-state index contributed by atoms with van der Waals surface area (Å²) in [6.07, 6.45) is 2.15. The maximum Gasteiger partial charge on any atom is 0.330 e. The number of nitro groups is 1. The fraction of sp³-hybridized carbons (Fsp3) is 0.400. The topological polar surface area (TPSA) is 69.4 Å². The van der Waals surface area contributed by atoms with E-state index >= 15 is 0 Å². The lowest BCUT2D eigenvalue weighted by atomic mass is 10.5. The summed E-state index contributed by atoms with van der Waals surface area (Å²) in [5, 5.41) is 9.67. The van der Waals surface area contributed by atoms with E-state index in [1.54, 1.807) is 0 Å². The Kier molecular flexibility index (Phi) is 3.86. The minimum Gasteiger partial charge on any atom is -0.466 e. The van der Waals surface area contributed by atoms with Gasteiger partial charge in [0.25, 0.3) is 0 Å². The van der Waals surface area contributed by atoms with Crippen molar-refractivity contribution in [1.82, 2.24) is 0 Å². The average molecular weight is 145 g/mol. The van der Waals surface area contributed by atoms with Gasteiger partial charge in [0.1, 0.15) is 0 Å². The largest absolute Gasteiger partial charge is 0.466 e. The highest BCUT2D eigenvalue weighted by molar-refractivity contribution is 5.81. The molecular weight excluding hydrogens is 138 g/mol. The lowest BCUT2D eigenvalue weighted by molar-refractivity contribution is -0.468. The molecule has 0 aliphatic carbocycles. The van der Waals surface area contributed by atoms with Crippen molar-refractivity contribution in [2.45, 2.75) is 0 Å². The number of hydrogen-bond donors (Lipinski definition) is 0. The summed E-state index contributed by atoms with van der Waals surface area (Å²) in [6, 6.07) is 0. The zero-order valence-corrected chi connectivity index (χ0v) is 5.44. The molecular formula is C5H7NO4. The molecule has 5 nitrogen and oxygen atoms in total. The van der Waals surface area contributed by atoms with Crippen molar-refractivity contribution >= 4 is 5.97 Å². The number of methoxy groups -OCH3 is 1. The Morgan fingerprint density at radius 1 is 1.80 bits per heavy atom. The second kappa shape index (κ2) is 4.49. The van der Waals surface area contributed by atoms with E-state index in [0.29, 0.717) is 0 Å². The lowest BCUT2D eigenvalue weighted by Gasteiger charge is -1.86. The van der Waals surface area contributed by atoms with Crippen LogP contribution in [0.2, 0.25) is 0 Å². The van der Waals surface area contributed by atoms with Crippen LogP contribution < -0.4 is 0 Å². The van der Waals surface area contributed by atoms with E-state index in [1.165, 1.54) is 7.11 Å². The van der Waals surface area contributed by atoms with Crippen molar-refractivity contribution in [2.75, 3.05) is 13.7 Å². The summed E-state index contributed by atoms with van der Waals surface area (Å²) in [6.45, 7) is -0.352. The van der Waals surface area contributed by atoms with Gasteiger partial charge in [0.05, 0.1) is 7.11 Å². The molecule has 0 aliphatic heterocycles. The molecule has 0 unspecified atom stereocenters. The van der Waals surface area contributed by atoms with Crippen molar-refractivity contribution in [3.8, 4) is 0 Å². The molecule has 0 bridgehead atoms. The Balaban J connectivity index is 3.56. The maximum absolute atomic E-state index is 10.3. The van der Waals surface area contributed by atoms with Crippen LogP contribution in [0.3, 0.4) is 0 Å². The quantitative estimate of drug-likeness (QED) is 0.242. The van der Waals surface area contributed by atoms with Gasteiger partial charge in [0.2, 0.25) is 6.54 Å². The fourth-order valence-electron chi connectivity index (χ4n) is 0.303. The summed E-state index contributed by atoms with van der Waals surface area (Å²) in [5.74, 6) is -0.582. The highest BCUT2D eigenvalue weighted by atomic mass is 16.6. The van der Waals surface area contributed by atoms with Gasteiger partial charge in [-0.25, -0.2) is 4.79 Å². The number of ether oxygens (including phenoxy) is 1. The lowest BCUT2D eigenvalue weighted by Crippen LogP contribution is -1.99. The van der Waals surface area contributed by atoms with Crippen molar-refractivity contribution in [3.63, 3.8) is 0 Å². The first-order chi connectivity index (χ1) is 4.66. The van der Waals surface area contributed by atoms with E-state index < -0.39 is 10.9 Å². The van der Waals surface area contributed by atoms with Gasteiger partial charge in [-0.3, -0.25) is 10.1 Å². The molecule has 0 aromatic rings. The molecule has 5 heteroatoms. The molecule has 56 valence electrons. The van der Waals surface area contributed by atoms with Crippen molar-refractivity contribution in [2.24, 2.45) is 0 Å². The Morgan fingerprint density at radius 3 is 2.80 bits per heavy atom. The third-order valence-electron chi connectivity index (χ3n) is 0.710. The number of hydrogen-bond acceptors (Lipinski definition) is 4. The molecule has 0 saturated heterocycles. The fourth-order valence-corrected chi connectivity index (χ4v) is 0.303. The predicted molar refractivity (Wildman–Crippen MR) is 33.0 cm³/mol. The third kappa shape index (κ3) is 4.76. The predicted octanol–water partition coefficient (Wildman–Crippen LogP) is -0.00770. The van der Waals surface area contributed by atoms with Gasteiger partial charge in [-0.2, -0.15) is 0 Å². The zero-order chi connectivity index (χ0) is 7.98. The molecule has 0 atom stereocenters. The van der Waals surface area contributed by atoms with Gasteiger partial charge in [0, 0.05) is 11.0 Å². The molecule has 10 heavy (non-hydrogen) atoms. The monoisotopic (exact) mass is 145 g/mol. The van der Waals surface area contributed by atoms with Gasteiger partial charge in [-0.1, -0.05) is 0 Å². The smallest absolute Gasteiger partial charge is 0.330 e. The molecule has 0 aliphatic rings. The highest BCUT2D eigenvalue weighted by Crippen LogP contribution is 1.78. The van der Waals surface area contributed by atoms with Crippen LogP contribution in [0.25, 0.3) is 0 Å². The maximum atomic E-state index is 10.3. The van der Waals surface area contributed by atoms with Crippen LogP contribution in [0.5, 0.6) is 0 Å². The Bertz CT molecular complexity index is 163. The SMILES string of the molecule is COC(=O)C=CC[N+](=O)[O-]. The molecule has 0 spiro atoms. The van der Waals surface area contributed by atoms with Crippen LogP contribution in [0, 0.1) is 10.1 Å². The van der Waals surface area contributed by atoms with Crippen LogP contribution in [-0.2, 0) is 9.53 Å². The summed E-state index contributed by atoms with van der Waals surface area (Å²) in [5.41, 5.74) is 0. The average Bonchev–Trinajstić information content (AvgIpc) is 1.87. The van der Waals surface area contributed by atoms with Gasteiger partial charge in [0.15, 0.2) is 0 Å². The zero-order valence-electron chi connectivity index (χ0n) is 5.44. The first kappa shape index (κ1) is 8.61. The van der Waals surface area contributed by atoms with Gasteiger partial charge in [-0.05, 0) is 6.08 Å². The first-order valence-electron chi connectivity index (χ1n) is 2.53.